The number of benzene rings is 1. The van der Waals surface area contributed by atoms with Crippen molar-refractivity contribution in [3.63, 3.8) is 0 Å². The van der Waals surface area contributed by atoms with Crippen LogP contribution < -0.4 is 0 Å². The number of para-hydroxylation sites is 1. The fourth-order valence-electron chi connectivity index (χ4n) is 1.85. The molecule has 0 aliphatic rings. The maximum absolute atomic E-state index is 4.27. The minimum atomic E-state index is 1.06. The van der Waals surface area contributed by atoms with Gasteiger partial charge in [0.2, 0.25) is 0 Å². The lowest BCUT2D eigenvalue weighted by atomic mass is 10.2. The molecule has 2 heteroatoms. The summed E-state index contributed by atoms with van der Waals surface area (Å²) in [5.41, 5.74) is 3.34. The molecule has 0 saturated heterocycles. The van der Waals surface area contributed by atoms with E-state index >= 15 is 0 Å². The minimum absolute atomic E-state index is 1.06. The van der Waals surface area contributed by atoms with E-state index < -0.39 is 0 Å². The van der Waals surface area contributed by atoms with E-state index in [-0.39, 0.29) is 0 Å². The van der Waals surface area contributed by atoms with Crippen LogP contribution in [0.3, 0.4) is 0 Å². The fourth-order valence-corrected chi connectivity index (χ4v) is 1.85. The summed E-state index contributed by atoms with van der Waals surface area (Å²) in [6.45, 7) is 2.02. The average Bonchev–Trinajstić information content (AvgIpc) is 2.56. The van der Waals surface area contributed by atoms with Crippen molar-refractivity contribution in [1.82, 2.24) is 9.97 Å². The van der Waals surface area contributed by atoms with Gasteiger partial charge in [0.1, 0.15) is 0 Å². The Labute approximate surface area is 81.6 Å². The number of aromatic nitrogens is 2. The van der Waals surface area contributed by atoms with Gasteiger partial charge in [-0.1, -0.05) is 18.2 Å². The smallest absolute Gasteiger partial charge is 0.0651 e. The predicted octanol–water partition coefficient (Wildman–Crippen LogP) is 3.02. The molecule has 2 aromatic heterocycles. The molecule has 0 fully saturated rings. The van der Waals surface area contributed by atoms with Crippen molar-refractivity contribution in [2.24, 2.45) is 0 Å². The van der Waals surface area contributed by atoms with E-state index in [1.54, 1.807) is 0 Å². The van der Waals surface area contributed by atoms with E-state index in [2.05, 4.69) is 34.2 Å². The fraction of sp³-hybridized carbons (Fsp3) is 0.0833. The number of hydrogen-bond donors (Lipinski definition) is 1. The van der Waals surface area contributed by atoms with Crippen LogP contribution in [0, 0.1) is 6.92 Å². The zero-order chi connectivity index (χ0) is 9.54. The molecule has 2 nitrogen and oxygen atoms in total. The van der Waals surface area contributed by atoms with Crippen molar-refractivity contribution in [1.29, 1.82) is 0 Å². The molecule has 0 unspecified atom stereocenters. The van der Waals surface area contributed by atoms with Gasteiger partial charge in [-0.15, -0.1) is 0 Å². The normalized spacial score (nSPS) is 11.2. The van der Waals surface area contributed by atoms with Gasteiger partial charge in [-0.05, 0) is 19.1 Å². The number of H-pyrrole nitrogens is 1. The molecule has 1 N–H and O–H groups in total. The van der Waals surface area contributed by atoms with Crippen molar-refractivity contribution in [3.05, 3.63) is 42.2 Å². The van der Waals surface area contributed by atoms with Crippen LogP contribution in [0.1, 0.15) is 5.69 Å². The van der Waals surface area contributed by atoms with Gasteiger partial charge in [0.15, 0.2) is 0 Å². The Morgan fingerprint density at radius 1 is 1.07 bits per heavy atom. The highest BCUT2D eigenvalue weighted by molar-refractivity contribution is 6.06. The molecule has 3 rings (SSSR count). The standard InChI is InChI=1S/C12H10N2/c1-8-6-10-9-4-2-3-5-11(9)14-12(10)7-13-8/h2-7,14H,1H3. The van der Waals surface area contributed by atoms with Crippen molar-refractivity contribution >= 4 is 21.8 Å². The van der Waals surface area contributed by atoms with Gasteiger partial charge in [-0.3, -0.25) is 4.98 Å². The molecule has 0 aliphatic carbocycles. The number of fused-ring (bicyclic) bond motifs is 3. The van der Waals surface area contributed by atoms with Crippen molar-refractivity contribution in [2.75, 3.05) is 0 Å². The van der Waals surface area contributed by atoms with Crippen molar-refractivity contribution in [2.45, 2.75) is 6.92 Å². The second-order valence-electron chi connectivity index (χ2n) is 3.54. The molecule has 1 aromatic carbocycles. The summed E-state index contributed by atoms with van der Waals surface area (Å²) in [6, 6.07) is 10.4. The number of rotatable bonds is 0. The summed E-state index contributed by atoms with van der Waals surface area (Å²) in [5, 5.41) is 2.53. The number of hydrogen-bond acceptors (Lipinski definition) is 1. The molecule has 0 amide bonds. The summed E-state index contributed by atoms with van der Waals surface area (Å²) in [7, 11) is 0. The first-order valence-corrected chi connectivity index (χ1v) is 4.68. The average molecular weight is 182 g/mol. The molecule has 0 saturated carbocycles. The van der Waals surface area contributed by atoms with Crippen LogP contribution in [0.2, 0.25) is 0 Å². The topological polar surface area (TPSA) is 28.7 Å². The van der Waals surface area contributed by atoms with Gasteiger partial charge in [0.05, 0.1) is 11.7 Å². The summed E-state index contributed by atoms with van der Waals surface area (Å²) < 4.78 is 0. The summed E-state index contributed by atoms with van der Waals surface area (Å²) >= 11 is 0. The van der Waals surface area contributed by atoms with Crippen LogP contribution >= 0.6 is 0 Å². The van der Waals surface area contributed by atoms with Gasteiger partial charge >= 0.3 is 0 Å². The largest absolute Gasteiger partial charge is 0.353 e. The molecular weight excluding hydrogens is 172 g/mol. The van der Waals surface area contributed by atoms with E-state index in [1.807, 2.05) is 19.2 Å². The molecule has 14 heavy (non-hydrogen) atoms. The molecule has 0 spiro atoms. The zero-order valence-electron chi connectivity index (χ0n) is 7.91. The summed E-state index contributed by atoms with van der Waals surface area (Å²) in [6.07, 6.45) is 1.89. The first-order chi connectivity index (χ1) is 6.84. The molecule has 2 heterocycles. The Balaban J connectivity index is 2.58. The number of pyridine rings is 1. The third-order valence-corrected chi connectivity index (χ3v) is 2.53. The quantitative estimate of drug-likeness (QED) is 0.568. The second-order valence-corrected chi connectivity index (χ2v) is 3.54. The first-order valence-electron chi connectivity index (χ1n) is 4.68. The molecule has 0 atom stereocenters. The van der Waals surface area contributed by atoms with Crippen LogP contribution in [-0.2, 0) is 0 Å². The van der Waals surface area contributed by atoms with E-state index in [0.29, 0.717) is 0 Å². The van der Waals surface area contributed by atoms with Gasteiger partial charge < -0.3 is 4.98 Å². The van der Waals surface area contributed by atoms with Crippen LogP contribution in [0.25, 0.3) is 21.8 Å². The Bertz CT molecular complexity index is 608. The van der Waals surface area contributed by atoms with Crippen molar-refractivity contribution in [3.8, 4) is 0 Å². The molecule has 0 bridgehead atoms. The third kappa shape index (κ3) is 0.940. The van der Waals surface area contributed by atoms with E-state index in [9.17, 15) is 0 Å². The minimum Gasteiger partial charge on any atom is -0.353 e. The number of aryl methyl sites for hydroxylation is 1. The number of nitrogens with zero attached hydrogens (tertiary/aromatic N) is 1. The summed E-state index contributed by atoms with van der Waals surface area (Å²) in [5.74, 6) is 0. The van der Waals surface area contributed by atoms with E-state index in [1.165, 1.54) is 16.3 Å². The van der Waals surface area contributed by atoms with Gasteiger partial charge in [-0.25, -0.2) is 0 Å². The van der Waals surface area contributed by atoms with E-state index in [0.717, 1.165) is 11.2 Å². The van der Waals surface area contributed by atoms with Crippen LogP contribution in [0.5, 0.6) is 0 Å². The Kier molecular flexibility index (Phi) is 1.39. The van der Waals surface area contributed by atoms with Crippen LogP contribution in [0.15, 0.2) is 36.5 Å². The van der Waals surface area contributed by atoms with Gasteiger partial charge in [0.25, 0.3) is 0 Å². The monoisotopic (exact) mass is 182 g/mol. The first kappa shape index (κ1) is 7.56. The third-order valence-electron chi connectivity index (χ3n) is 2.53. The van der Waals surface area contributed by atoms with Gasteiger partial charge in [0, 0.05) is 22.0 Å². The van der Waals surface area contributed by atoms with E-state index in [4.69, 9.17) is 0 Å². The Morgan fingerprint density at radius 2 is 1.93 bits per heavy atom. The highest BCUT2D eigenvalue weighted by Crippen LogP contribution is 2.24. The van der Waals surface area contributed by atoms with Crippen molar-refractivity contribution < 1.29 is 0 Å². The lowest BCUT2D eigenvalue weighted by Crippen LogP contribution is -1.77. The number of nitrogens with one attached hydrogen (secondary N) is 1. The van der Waals surface area contributed by atoms with Crippen LogP contribution in [0.4, 0.5) is 0 Å². The lowest BCUT2D eigenvalue weighted by molar-refractivity contribution is 1.22. The molecule has 0 aliphatic heterocycles. The second kappa shape index (κ2) is 2.58. The predicted molar refractivity (Wildman–Crippen MR) is 58.3 cm³/mol. The molecule has 3 aromatic rings. The maximum Gasteiger partial charge on any atom is 0.0651 e. The number of aromatic amines is 1. The SMILES string of the molecule is Cc1cc2c(cn1)[nH]c1ccccc12. The summed E-state index contributed by atoms with van der Waals surface area (Å²) in [4.78, 5) is 7.61. The molecule has 0 radical (unpaired) electrons. The Hall–Kier alpha value is -1.83. The molecular formula is C12H10N2. The van der Waals surface area contributed by atoms with Crippen LogP contribution in [-0.4, -0.2) is 9.97 Å². The molecule has 68 valence electrons. The highest BCUT2D eigenvalue weighted by Gasteiger charge is 2.02. The zero-order valence-corrected chi connectivity index (χ0v) is 7.91. The maximum atomic E-state index is 4.27. The lowest BCUT2D eigenvalue weighted by Gasteiger charge is -1.91. The highest BCUT2D eigenvalue weighted by atomic mass is 14.8. The Morgan fingerprint density at radius 3 is 2.86 bits per heavy atom. The van der Waals surface area contributed by atoms with Gasteiger partial charge in [-0.2, -0.15) is 0 Å².